The van der Waals surface area contributed by atoms with Crippen molar-refractivity contribution in [2.75, 3.05) is 6.54 Å². The van der Waals surface area contributed by atoms with Crippen LogP contribution in [0.1, 0.15) is 35.1 Å². The van der Waals surface area contributed by atoms with Crippen LogP contribution in [0.2, 0.25) is 0 Å². The number of hydrogen-bond donors (Lipinski definition) is 2. The number of rotatable bonds is 3. The molecule has 2 unspecified atom stereocenters. The number of amides is 1. The van der Waals surface area contributed by atoms with Gasteiger partial charge < -0.3 is 5.32 Å². The molecule has 0 saturated heterocycles. The summed E-state index contributed by atoms with van der Waals surface area (Å²) < 4.78 is 0. The number of carbonyl (C=O) groups excluding carboxylic acids is 1. The van der Waals surface area contributed by atoms with Crippen LogP contribution in [0.5, 0.6) is 0 Å². The van der Waals surface area contributed by atoms with Crippen LogP contribution in [0.3, 0.4) is 0 Å². The molecule has 2 N–H and O–H groups in total. The topological polar surface area (TPSA) is 57.8 Å². The van der Waals surface area contributed by atoms with Gasteiger partial charge in [-0.15, -0.1) is 0 Å². The van der Waals surface area contributed by atoms with Crippen molar-refractivity contribution in [2.24, 2.45) is 11.8 Å². The van der Waals surface area contributed by atoms with E-state index in [0.29, 0.717) is 11.5 Å². The summed E-state index contributed by atoms with van der Waals surface area (Å²) in [5.41, 5.74) is 2.31. The summed E-state index contributed by atoms with van der Waals surface area (Å²) in [6, 6.07) is 0. The van der Waals surface area contributed by atoms with Gasteiger partial charge in [0.05, 0.1) is 11.3 Å². The van der Waals surface area contributed by atoms with Crippen molar-refractivity contribution >= 4 is 5.91 Å². The molecule has 4 nitrogen and oxygen atoms in total. The van der Waals surface area contributed by atoms with E-state index in [-0.39, 0.29) is 5.91 Å². The number of hydrogen-bond acceptors (Lipinski definition) is 2. The van der Waals surface area contributed by atoms with E-state index in [1.165, 1.54) is 6.42 Å². The van der Waals surface area contributed by atoms with Crippen molar-refractivity contribution in [1.82, 2.24) is 15.5 Å². The van der Waals surface area contributed by atoms with Crippen LogP contribution in [-0.2, 0) is 0 Å². The fourth-order valence-corrected chi connectivity index (χ4v) is 1.88. The minimum atomic E-state index is -0.00199. The Morgan fingerprint density at radius 3 is 2.73 bits per heavy atom. The molecular weight excluding hydrogens is 190 g/mol. The summed E-state index contributed by atoms with van der Waals surface area (Å²) in [4.78, 5) is 11.8. The first-order valence-electron chi connectivity index (χ1n) is 5.39. The van der Waals surface area contributed by atoms with Crippen molar-refractivity contribution in [2.45, 2.75) is 27.2 Å². The second-order valence-corrected chi connectivity index (χ2v) is 4.49. The molecule has 0 radical (unpaired) electrons. The summed E-state index contributed by atoms with van der Waals surface area (Å²) in [6.07, 6.45) is 1.24. The number of nitrogens with zero attached hydrogens (tertiary/aromatic N) is 1. The molecule has 1 fully saturated rings. The zero-order chi connectivity index (χ0) is 11.0. The maximum absolute atomic E-state index is 11.8. The fourth-order valence-electron chi connectivity index (χ4n) is 1.88. The lowest BCUT2D eigenvalue weighted by Gasteiger charge is -2.03. The van der Waals surface area contributed by atoms with Crippen LogP contribution in [0, 0.1) is 25.7 Å². The predicted molar refractivity (Wildman–Crippen MR) is 57.7 cm³/mol. The lowest BCUT2D eigenvalue weighted by molar-refractivity contribution is 0.0950. The van der Waals surface area contributed by atoms with E-state index >= 15 is 0 Å². The SMILES string of the molecule is Cc1n[nH]c(C)c1C(=O)NCC1CC1C. The van der Waals surface area contributed by atoms with Crippen molar-refractivity contribution in [1.29, 1.82) is 0 Å². The van der Waals surface area contributed by atoms with Crippen LogP contribution in [0.4, 0.5) is 0 Å². The smallest absolute Gasteiger partial charge is 0.255 e. The largest absolute Gasteiger partial charge is 0.352 e. The van der Waals surface area contributed by atoms with Crippen molar-refractivity contribution in [3.05, 3.63) is 17.0 Å². The molecule has 0 bridgehead atoms. The molecular formula is C11H17N3O. The Hall–Kier alpha value is -1.32. The molecule has 0 spiro atoms. The molecule has 1 aromatic rings. The van der Waals surface area contributed by atoms with E-state index in [9.17, 15) is 4.79 Å². The van der Waals surface area contributed by atoms with Gasteiger partial charge in [-0.3, -0.25) is 9.89 Å². The normalized spacial score (nSPS) is 23.9. The Bertz CT molecular complexity index is 364. The molecule has 1 saturated carbocycles. The van der Waals surface area contributed by atoms with Crippen LogP contribution in [0.25, 0.3) is 0 Å². The third-order valence-electron chi connectivity index (χ3n) is 3.16. The van der Waals surface area contributed by atoms with Gasteiger partial charge in [0.1, 0.15) is 0 Å². The summed E-state index contributed by atoms with van der Waals surface area (Å²) in [7, 11) is 0. The average molecular weight is 207 g/mol. The first-order valence-corrected chi connectivity index (χ1v) is 5.39. The second-order valence-electron chi connectivity index (χ2n) is 4.49. The Morgan fingerprint density at radius 2 is 2.27 bits per heavy atom. The zero-order valence-electron chi connectivity index (χ0n) is 9.42. The molecule has 1 heterocycles. The van der Waals surface area contributed by atoms with Gasteiger partial charge >= 0.3 is 0 Å². The van der Waals surface area contributed by atoms with Gasteiger partial charge in [0.15, 0.2) is 0 Å². The standard InChI is InChI=1S/C11H17N3O/c1-6-4-9(6)5-12-11(15)10-7(2)13-14-8(10)3/h6,9H,4-5H2,1-3H3,(H,12,15)(H,13,14). The lowest BCUT2D eigenvalue weighted by Crippen LogP contribution is -2.26. The third-order valence-corrected chi connectivity index (χ3v) is 3.16. The maximum Gasteiger partial charge on any atom is 0.255 e. The predicted octanol–water partition coefficient (Wildman–Crippen LogP) is 1.41. The number of nitrogens with one attached hydrogen (secondary N) is 2. The zero-order valence-corrected chi connectivity index (χ0v) is 9.42. The quantitative estimate of drug-likeness (QED) is 0.787. The first kappa shape index (κ1) is 10.2. The molecule has 0 aromatic carbocycles. The van der Waals surface area contributed by atoms with Gasteiger partial charge in [-0.2, -0.15) is 5.10 Å². The second kappa shape index (κ2) is 3.68. The van der Waals surface area contributed by atoms with Gasteiger partial charge in [0.2, 0.25) is 0 Å². The fraction of sp³-hybridized carbons (Fsp3) is 0.636. The number of carbonyl (C=O) groups is 1. The number of aromatic nitrogens is 2. The molecule has 1 aliphatic rings. The first-order chi connectivity index (χ1) is 7.09. The highest BCUT2D eigenvalue weighted by molar-refractivity contribution is 5.96. The van der Waals surface area contributed by atoms with E-state index in [1.54, 1.807) is 0 Å². The average Bonchev–Trinajstić information content (AvgIpc) is 2.78. The Kier molecular flexibility index (Phi) is 2.50. The molecule has 82 valence electrons. The summed E-state index contributed by atoms with van der Waals surface area (Å²) in [5, 5.41) is 9.79. The molecule has 15 heavy (non-hydrogen) atoms. The molecule has 1 aliphatic carbocycles. The Labute approximate surface area is 89.5 Å². The summed E-state index contributed by atoms with van der Waals surface area (Å²) in [5.74, 6) is 1.45. The molecule has 2 rings (SSSR count). The van der Waals surface area contributed by atoms with Crippen molar-refractivity contribution in [3.8, 4) is 0 Å². The molecule has 0 aliphatic heterocycles. The van der Waals surface area contributed by atoms with Gasteiger partial charge in [-0.05, 0) is 32.1 Å². The Morgan fingerprint density at radius 1 is 1.60 bits per heavy atom. The van der Waals surface area contributed by atoms with Crippen LogP contribution in [0.15, 0.2) is 0 Å². The highest BCUT2D eigenvalue weighted by Crippen LogP contribution is 2.36. The third kappa shape index (κ3) is 2.03. The van der Waals surface area contributed by atoms with Crippen molar-refractivity contribution in [3.63, 3.8) is 0 Å². The van der Waals surface area contributed by atoms with E-state index in [1.807, 2.05) is 13.8 Å². The minimum absolute atomic E-state index is 0.00199. The minimum Gasteiger partial charge on any atom is -0.352 e. The highest BCUT2D eigenvalue weighted by atomic mass is 16.1. The molecule has 4 heteroatoms. The van der Waals surface area contributed by atoms with E-state index < -0.39 is 0 Å². The van der Waals surface area contributed by atoms with Gasteiger partial charge in [0, 0.05) is 12.2 Å². The van der Waals surface area contributed by atoms with E-state index in [4.69, 9.17) is 0 Å². The van der Waals surface area contributed by atoms with Crippen molar-refractivity contribution < 1.29 is 4.79 Å². The molecule has 1 aromatic heterocycles. The van der Waals surface area contributed by atoms with E-state index in [2.05, 4.69) is 22.4 Å². The number of H-pyrrole nitrogens is 1. The molecule has 1 amide bonds. The lowest BCUT2D eigenvalue weighted by atomic mass is 10.2. The number of aryl methyl sites for hydroxylation is 2. The van der Waals surface area contributed by atoms with Crippen LogP contribution in [-0.4, -0.2) is 22.6 Å². The van der Waals surface area contributed by atoms with Crippen LogP contribution < -0.4 is 5.32 Å². The van der Waals surface area contributed by atoms with Gasteiger partial charge in [0.25, 0.3) is 5.91 Å². The van der Waals surface area contributed by atoms with Gasteiger partial charge in [-0.25, -0.2) is 0 Å². The van der Waals surface area contributed by atoms with E-state index in [0.717, 1.165) is 23.9 Å². The highest BCUT2D eigenvalue weighted by Gasteiger charge is 2.32. The monoisotopic (exact) mass is 207 g/mol. The van der Waals surface area contributed by atoms with Gasteiger partial charge in [-0.1, -0.05) is 6.92 Å². The number of aromatic amines is 1. The maximum atomic E-state index is 11.8. The Balaban J connectivity index is 1.95. The van der Waals surface area contributed by atoms with Crippen LogP contribution >= 0.6 is 0 Å². The molecule has 2 atom stereocenters. The summed E-state index contributed by atoms with van der Waals surface area (Å²) in [6.45, 7) is 6.72. The summed E-state index contributed by atoms with van der Waals surface area (Å²) >= 11 is 0.